The van der Waals surface area contributed by atoms with Crippen LogP contribution in [0.25, 0.3) is 17.4 Å². The second-order valence-corrected chi connectivity index (χ2v) is 7.23. The molecule has 3 rings (SSSR count). The van der Waals surface area contributed by atoms with E-state index in [1.807, 2.05) is 0 Å². The van der Waals surface area contributed by atoms with Crippen molar-refractivity contribution >= 4 is 46.6 Å². The number of aromatic carboxylic acids is 1. The van der Waals surface area contributed by atoms with Crippen molar-refractivity contribution in [3.8, 4) is 11.3 Å². The van der Waals surface area contributed by atoms with Crippen molar-refractivity contribution in [2.45, 2.75) is 19.9 Å². The maximum atomic E-state index is 12.3. The minimum Gasteiger partial charge on any atom is -0.545 e. The van der Waals surface area contributed by atoms with Gasteiger partial charge in [-0.2, -0.15) is 0 Å². The standard InChI is InChI=1S/C18H14ClNO5S/c1-9(2)20-16(21)15(26-18(20)24)8-11-4-6-14(25-11)10-3-5-12(17(22)23)13(19)7-10/h3-9H,1-2H3,(H,22,23)/p-1/b15-8+. The van der Waals surface area contributed by atoms with Crippen LogP contribution in [0, 0.1) is 0 Å². The molecule has 0 radical (unpaired) electrons. The summed E-state index contributed by atoms with van der Waals surface area (Å²) in [6.45, 7) is 3.54. The van der Waals surface area contributed by atoms with Crippen molar-refractivity contribution in [1.82, 2.24) is 4.90 Å². The van der Waals surface area contributed by atoms with Crippen LogP contribution in [0.2, 0.25) is 5.02 Å². The second kappa shape index (κ2) is 7.01. The van der Waals surface area contributed by atoms with Crippen LogP contribution in [-0.4, -0.2) is 28.1 Å². The minimum atomic E-state index is -1.36. The molecule has 0 unspecified atom stereocenters. The van der Waals surface area contributed by atoms with Crippen molar-refractivity contribution < 1.29 is 23.9 Å². The maximum absolute atomic E-state index is 12.3. The normalized spacial score (nSPS) is 16.2. The number of rotatable bonds is 4. The Morgan fingerprint density at radius 1 is 1.27 bits per heavy atom. The van der Waals surface area contributed by atoms with Crippen LogP contribution in [0.15, 0.2) is 39.7 Å². The SMILES string of the molecule is CC(C)N1C(=O)S/C(=C/c2ccc(-c3ccc(C(=O)[O-])c(Cl)c3)o2)C1=O. The summed E-state index contributed by atoms with van der Waals surface area (Å²) in [6, 6.07) is 7.45. The lowest BCUT2D eigenvalue weighted by Crippen LogP contribution is -2.34. The molecule has 1 aromatic heterocycles. The highest BCUT2D eigenvalue weighted by atomic mass is 35.5. The van der Waals surface area contributed by atoms with Gasteiger partial charge in [0.05, 0.1) is 15.9 Å². The smallest absolute Gasteiger partial charge is 0.293 e. The third-order valence-electron chi connectivity index (χ3n) is 3.71. The summed E-state index contributed by atoms with van der Waals surface area (Å²) in [7, 11) is 0. The Kier molecular flexibility index (Phi) is 4.93. The lowest BCUT2D eigenvalue weighted by molar-refractivity contribution is -0.255. The Morgan fingerprint density at radius 2 is 2.00 bits per heavy atom. The number of carbonyl (C=O) groups is 3. The summed E-state index contributed by atoms with van der Waals surface area (Å²) in [4.78, 5) is 36.6. The number of hydrogen-bond acceptors (Lipinski definition) is 6. The van der Waals surface area contributed by atoms with Gasteiger partial charge in [0.1, 0.15) is 11.5 Å². The number of carboxylic acid groups (broad SMARTS) is 1. The van der Waals surface area contributed by atoms with Crippen LogP contribution in [0.4, 0.5) is 4.79 Å². The number of benzene rings is 1. The molecule has 0 saturated carbocycles. The average Bonchev–Trinajstić information content (AvgIpc) is 3.12. The fourth-order valence-electron chi connectivity index (χ4n) is 2.47. The van der Waals surface area contributed by atoms with E-state index in [1.54, 1.807) is 32.0 Å². The maximum Gasteiger partial charge on any atom is 0.293 e. The summed E-state index contributed by atoms with van der Waals surface area (Å²) >= 11 is 6.80. The van der Waals surface area contributed by atoms with Crippen molar-refractivity contribution in [3.05, 3.63) is 51.6 Å². The molecular formula is C18H13ClNO5S-. The van der Waals surface area contributed by atoms with Gasteiger partial charge in [-0.05, 0) is 43.8 Å². The predicted octanol–water partition coefficient (Wildman–Crippen LogP) is 3.41. The summed E-state index contributed by atoms with van der Waals surface area (Å²) in [6.07, 6.45) is 1.51. The molecule has 1 aromatic carbocycles. The van der Waals surface area contributed by atoms with Gasteiger partial charge in [-0.15, -0.1) is 0 Å². The molecule has 0 N–H and O–H groups in total. The summed E-state index contributed by atoms with van der Waals surface area (Å²) < 4.78 is 5.67. The van der Waals surface area contributed by atoms with Gasteiger partial charge >= 0.3 is 0 Å². The molecule has 0 atom stereocenters. The highest BCUT2D eigenvalue weighted by Gasteiger charge is 2.36. The van der Waals surface area contributed by atoms with Crippen LogP contribution >= 0.6 is 23.4 Å². The number of imide groups is 1. The monoisotopic (exact) mass is 390 g/mol. The molecule has 26 heavy (non-hydrogen) atoms. The van der Waals surface area contributed by atoms with Gasteiger partial charge in [-0.25, -0.2) is 0 Å². The van der Waals surface area contributed by atoms with E-state index in [2.05, 4.69) is 0 Å². The molecule has 8 heteroatoms. The first-order chi connectivity index (χ1) is 12.3. The van der Waals surface area contributed by atoms with Crippen LogP contribution in [0.1, 0.15) is 30.0 Å². The highest BCUT2D eigenvalue weighted by molar-refractivity contribution is 8.18. The largest absolute Gasteiger partial charge is 0.545 e. The number of thioether (sulfide) groups is 1. The molecule has 134 valence electrons. The number of furan rings is 1. The third kappa shape index (κ3) is 3.40. The second-order valence-electron chi connectivity index (χ2n) is 5.83. The molecule has 1 fully saturated rings. The lowest BCUT2D eigenvalue weighted by Gasteiger charge is -2.16. The van der Waals surface area contributed by atoms with Gasteiger partial charge in [0.15, 0.2) is 0 Å². The Bertz CT molecular complexity index is 947. The molecule has 0 spiro atoms. The van der Waals surface area contributed by atoms with Gasteiger partial charge < -0.3 is 14.3 Å². The highest BCUT2D eigenvalue weighted by Crippen LogP contribution is 2.34. The third-order valence-corrected chi connectivity index (χ3v) is 4.91. The fraction of sp³-hybridized carbons (Fsp3) is 0.167. The Hall–Kier alpha value is -2.51. The van der Waals surface area contributed by atoms with Crippen molar-refractivity contribution in [3.63, 3.8) is 0 Å². The molecule has 0 aliphatic carbocycles. The number of carbonyl (C=O) groups excluding carboxylic acids is 3. The average molecular weight is 391 g/mol. The summed E-state index contributed by atoms with van der Waals surface area (Å²) in [5, 5.41) is 10.6. The van der Waals surface area contributed by atoms with E-state index >= 15 is 0 Å². The molecule has 1 saturated heterocycles. The number of halogens is 1. The first-order valence-electron chi connectivity index (χ1n) is 7.66. The fourth-order valence-corrected chi connectivity index (χ4v) is 3.67. The number of hydrogen-bond donors (Lipinski definition) is 0. The first-order valence-corrected chi connectivity index (χ1v) is 8.85. The topological polar surface area (TPSA) is 90.7 Å². The summed E-state index contributed by atoms with van der Waals surface area (Å²) in [5.41, 5.74) is 0.472. The first kappa shape index (κ1) is 18.3. The zero-order valence-electron chi connectivity index (χ0n) is 13.8. The Morgan fingerprint density at radius 3 is 2.58 bits per heavy atom. The molecule has 2 aromatic rings. The van der Waals surface area contributed by atoms with E-state index < -0.39 is 5.97 Å². The molecule has 6 nitrogen and oxygen atoms in total. The van der Waals surface area contributed by atoms with Crippen molar-refractivity contribution in [2.75, 3.05) is 0 Å². The summed E-state index contributed by atoms with van der Waals surface area (Å²) in [5.74, 6) is -0.864. The number of amides is 2. The Balaban J connectivity index is 1.87. The van der Waals surface area contributed by atoms with Crippen LogP contribution in [-0.2, 0) is 4.79 Å². The van der Waals surface area contributed by atoms with E-state index in [1.165, 1.54) is 23.1 Å². The molecule has 2 amide bonds. The van der Waals surface area contributed by atoms with Crippen LogP contribution in [0.5, 0.6) is 0 Å². The number of carboxylic acids is 1. The van der Waals surface area contributed by atoms with E-state index in [0.717, 1.165) is 11.8 Å². The Labute approximate surface area is 158 Å². The van der Waals surface area contributed by atoms with Gasteiger partial charge in [0.2, 0.25) is 0 Å². The van der Waals surface area contributed by atoms with E-state index in [0.29, 0.717) is 17.1 Å². The van der Waals surface area contributed by atoms with Crippen molar-refractivity contribution in [1.29, 1.82) is 0 Å². The molecule has 1 aliphatic rings. The molecule has 2 heterocycles. The van der Waals surface area contributed by atoms with Gasteiger partial charge in [0, 0.05) is 23.2 Å². The zero-order valence-corrected chi connectivity index (χ0v) is 15.4. The van der Waals surface area contributed by atoms with Gasteiger partial charge in [-0.3, -0.25) is 14.5 Å². The van der Waals surface area contributed by atoms with E-state index in [-0.39, 0.29) is 32.7 Å². The predicted molar refractivity (Wildman–Crippen MR) is 96.4 cm³/mol. The van der Waals surface area contributed by atoms with Gasteiger partial charge in [0.25, 0.3) is 11.1 Å². The minimum absolute atomic E-state index is 0.0403. The van der Waals surface area contributed by atoms with Crippen molar-refractivity contribution in [2.24, 2.45) is 0 Å². The van der Waals surface area contributed by atoms with Gasteiger partial charge in [-0.1, -0.05) is 23.7 Å². The lowest BCUT2D eigenvalue weighted by atomic mass is 10.1. The van der Waals surface area contributed by atoms with E-state index in [4.69, 9.17) is 16.0 Å². The molecular weight excluding hydrogens is 378 g/mol. The van der Waals surface area contributed by atoms with Crippen LogP contribution in [0.3, 0.4) is 0 Å². The molecule has 1 aliphatic heterocycles. The van der Waals surface area contributed by atoms with E-state index in [9.17, 15) is 19.5 Å². The number of nitrogens with zero attached hydrogens (tertiary/aromatic N) is 1. The van der Waals surface area contributed by atoms with Crippen LogP contribution < -0.4 is 5.11 Å². The molecule has 0 bridgehead atoms. The quantitative estimate of drug-likeness (QED) is 0.743. The zero-order chi connectivity index (χ0) is 19.0.